The zero-order chi connectivity index (χ0) is 15.0. The van der Waals surface area contributed by atoms with Crippen LogP contribution in [0.15, 0.2) is 18.7 Å². The number of hydrogen-bond donors (Lipinski definition) is 2. The topological polar surface area (TPSA) is 99.1 Å². The van der Waals surface area contributed by atoms with E-state index in [0.29, 0.717) is 13.0 Å². The molecule has 7 nitrogen and oxygen atoms in total. The minimum Gasteiger partial charge on any atom is -0.548 e. The number of hydrogen-bond acceptors (Lipinski definition) is 4. The molecule has 0 saturated carbocycles. The van der Waals surface area contributed by atoms with Crippen LogP contribution in [0.3, 0.4) is 0 Å². The number of carbonyl (C=O) groups is 2. The smallest absolute Gasteiger partial charge is 0.315 e. The Balaban J connectivity index is 2.22. The maximum Gasteiger partial charge on any atom is 0.315 e. The molecule has 112 valence electrons. The highest BCUT2D eigenvalue weighted by atomic mass is 16.4. The lowest BCUT2D eigenvalue weighted by Crippen LogP contribution is -2.51. The van der Waals surface area contributed by atoms with E-state index in [1.165, 1.54) is 0 Å². The van der Waals surface area contributed by atoms with Crippen molar-refractivity contribution in [2.75, 3.05) is 6.54 Å². The van der Waals surface area contributed by atoms with Gasteiger partial charge in [0.25, 0.3) is 0 Å². The summed E-state index contributed by atoms with van der Waals surface area (Å²) in [6, 6.07) is -1.44. The van der Waals surface area contributed by atoms with Crippen molar-refractivity contribution >= 4 is 12.0 Å². The normalized spacial score (nSPS) is 12.2. The summed E-state index contributed by atoms with van der Waals surface area (Å²) < 4.78 is 1.91. The lowest BCUT2D eigenvalue weighted by molar-refractivity contribution is -0.308. The van der Waals surface area contributed by atoms with Crippen LogP contribution in [0, 0.1) is 5.92 Å². The van der Waals surface area contributed by atoms with Crippen molar-refractivity contribution < 1.29 is 14.7 Å². The first-order valence-electron chi connectivity index (χ1n) is 6.70. The van der Waals surface area contributed by atoms with Gasteiger partial charge in [0.15, 0.2) is 0 Å². The number of amides is 2. The van der Waals surface area contributed by atoms with Crippen LogP contribution < -0.4 is 15.7 Å². The van der Waals surface area contributed by atoms with Crippen molar-refractivity contribution in [3.63, 3.8) is 0 Å². The van der Waals surface area contributed by atoms with Gasteiger partial charge in [-0.05, 0) is 18.8 Å². The molecule has 0 saturated heterocycles. The van der Waals surface area contributed by atoms with E-state index in [1.807, 2.05) is 24.6 Å². The fourth-order valence-electron chi connectivity index (χ4n) is 1.78. The predicted octanol–water partition coefficient (Wildman–Crippen LogP) is -0.263. The molecule has 1 aromatic heterocycles. The Morgan fingerprint density at radius 3 is 2.70 bits per heavy atom. The second-order valence-electron chi connectivity index (χ2n) is 5.06. The summed E-state index contributed by atoms with van der Waals surface area (Å²) in [5.41, 5.74) is 0. The van der Waals surface area contributed by atoms with Crippen LogP contribution in [0.4, 0.5) is 4.79 Å². The minimum atomic E-state index is -1.26. The van der Waals surface area contributed by atoms with Crippen molar-refractivity contribution in [3.05, 3.63) is 18.7 Å². The van der Waals surface area contributed by atoms with E-state index in [-0.39, 0.29) is 5.92 Å². The highest BCUT2D eigenvalue weighted by Gasteiger charge is 2.14. The van der Waals surface area contributed by atoms with Gasteiger partial charge in [0.1, 0.15) is 0 Å². The first kappa shape index (κ1) is 16.0. The molecule has 0 aliphatic rings. The van der Waals surface area contributed by atoms with Crippen molar-refractivity contribution in [2.24, 2.45) is 5.92 Å². The molecule has 0 aliphatic carbocycles. The quantitative estimate of drug-likeness (QED) is 0.641. The maximum atomic E-state index is 11.6. The zero-order valence-electron chi connectivity index (χ0n) is 11.8. The molecule has 0 radical (unpaired) electrons. The first-order chi connectivity index (χ1) is 9.49. The average Bonchev–Trinajstić information content (AvgIpc) is 2.86. The Kier molecular flexibility index (Phi) is 6.55. The summed E-state index contributed by atoms with van der Waals surface area (Å²) in [5.74, 6) is -1.09. The Bertz CT molecular complexity index is 417. The van der Waals surface area contributed by atoms with Crippen LogP contribution in [0.1, 0.15) is 26.7 Å². The number of carboxylic acid groups (broad SMARTS) is 1. The molecule has 0 unspecified atom stereocenters. The number of nitrogens with one attached hydrogen (secondary N) is 2. The number of rotatable bonds is 8. The molecule has 1 rings (SSSR count). The van der Waals surface area contributed by atoms with E-state index >= 15 is 0 Å². The van der Waals surface area contributed by atoms with E-state index in [0.717, 1.165) is 13.0 Å². The lowest BCUT2D eigenvalue weighted by atomic mass is 10.0. The van der Waals surface area contributed by atoms with Crippen molar-refractivity contribution in [1.82, 2.24) is 20.2 Å². The largest absolute Gasteiger partial charge is 0.548 e. The van der Waals surface area contributed by atoms with Gasteiger partial charge in [-0.3, -0.25) is 0 Å². The summed E-state index contributed by atoms with van der Waals surface area (Å²) in [6.45, 7) is 4.99. The number of aryl methyl sites for hydroxylation is 1. The summed E-state index contributed by atoms with van der Waals surface area (Å²) >= 11 is 0. The van der Waals surface area contributed by atoms with E-state index in [4.69, 9.17) is 0 Å². The molecule has 2 N–H and O–H groups in total. The van der Waals surface area contributed by atoms with E-state index in [9.17, 15) is 14.7 Å². The van der Waals surface area contributed by atoms with E-state index in [2.05, 4.69) is 15.6 Å². The van der Waals surface area contributed by atoms with Crippen LogP contribution in [0.5, 0.6) is 0 Å². The van der Waals surface area contributed by atoms with Crippen molar-refractivity contribution in [2.45, 2.75) is 39.3 Å². The number of urea groups is 1. The van der Waals surface area contributed by atoms with Gasteiger partial charge in [0, 0.05) is 25.5 Å². The Labute approximate surface area is 118 Å². The Morgan fingerprint density at radius 2 is 2.15 bits per heavy atom. The van der Waals surface area contributed by atoms with Gasteiger partial charge < -0.3 is 25.1 Å². The maximum absolute atomic E-state index is 11.6. The molecule has 1 heterocycles. The van der Waals surface area contributed by atoms with Crippen molar-refractivity contribution in [1.29, 1.82) is 0 Å². The van der Waals surface area contributed by atoms with Gasteiger partial charge in [-0.15, -0.1) is 0 Å². The van der Waals surface area contributed by atoms with Crippen LogP contribution in [0.25, 0.3) is 0 Å². The van der Waals surface area contributed by atoms with Gasteiger partial charge >= 0.3 is 6.03 Å². The highest BCUT2D eigenvalue weighted by Crippen LogP contribution is 2.03. The molecule has 0 aliphatic heterocycles. The minimum absolute atomic E-state index is 0.166. The molecule has 0 fully saturated rings. The predicted molar refractivity (Wildman–Crippen MR) is 71.6 cm³/mol. The van der Waals surface area contributed by atoms with Gasteiger partial charge in [-0.1, -0.05) is 13.8 Å². The molecule has 0 spiro atoms. The van der Waals surface area contributed by atoms with Gasteiger partial charge in [-0.25, -0.2) is 9.78 Å². The number of aromatic nitrogens is 2. The van der Waals surface area contributed by atoms with Gasteiger partial charge in [0.2, 0.25) is 0 Å². The van der Waals surface area contributed by atoms with E-state index < -0.39 is 18.0 Å². The van der Waals surface area contributed by atoms with Crippen LogP contribution in [-0.2, 0) is 11.3 Å². The third kappa shape index (κ3) is 6.21. The third-order valence-corrected chi connectivity index (χ3v) is 2.73. The summed E-state index contributed by atoms with van der Waals surface area (Å²) in [7, 11) is 0. The number of imidazole rings is 1. The molecular weight excluding hydrogens is 260 g/mol. The van der Waals surface area contributed by atoms with E-state index in [1.54, 1.807) is 12.5 Å². The number of nitrogens with zero attached hydrogens (tertiary/aromatic N) is 2. The second kappa shape index (κ2) is 8.19. The van der Waals surface area contributed by atoms with Crippen molar-refractivity contribution in [3.8, 4) is 0 Å². The second-order valence-corrected chi connectivity index (χ2v) is 5.06. The first-order valence-corrected chi connectivity index (χ1v) is 6.70. The number of carboxylic acids is 1. The van der Waals surface area contributed by atoms with Gasteiger partial charge in [0.05, 0.1) is 18.3 Å². The lowest BCUT2D eigenvalue weighted by Gasteiger charge is -2.21. The molecule has 20 heavy (non-hydrogen) atoms. The van der Waals surface area contributed by atoms with Gasteiger partial charge in [-0.2, -0.15) is 0 Å². The van der Waals surface area contributed by atoms with Crippen LogP contribution >= 0.6 is 0 Å². The number of carbonyl (C=O) groups excluding carboxylic acids is 2. The number of aliphatic carboxylic acids is 1. The molecular formula is C13H21N4O3-. The molecule has 0 aromatic carbocycles. The average molecular weight is 281 g/mol. The molecule has 2 amide bonds. The van der Waals surface area contributed by atoms with Crippen LogP contribution in [0.2, 0.25) is 0 Å². The summed E-state index contributed by atoms with van der Waals surface area (Å²) in [6.07, 6.45) is 6.33. The fraction of sp³-hybridized carbons (Fsp3) is 0.615. The van der Waals surface area contributed by atoms with Crippen LogP contribution in [-0.4, -0.2) is 34.1 Å². The summed E-state index contributed by atoms with van der Waals surface area (Å²) in [5, 5.41) is 15.9. The SMILES string of the molecule is CC(C)C[C@H](NC(=O)NCCCn1ccnc1)C(=O)[O-]. The zero-order valence-corrected chi connectivity index (χ0v) is 11.8. The molecule has 0 bridgehead atoms. The molecule has 1 aromatic rings. The monoisotopic (exact) mass is 281 g/mol. The fourth-order valence-corrected chi connectivity index (χ4v) is 1.78. The standard InChI is InChI=1S/C13H22N4O3/c1-10(2)8-11(12(18)19)16-13(20)15-4-3-6-17-7-5-14-9-17/h5,7,9-11H,3-4,6,8H2,1-2H3,(H,18,19)(H2,15,16,20)/p-1/t11-/m0/s1. The highest BCUT2D eigenvalue weighted by molar-refractivity contribution is 5.81. The third-order valence-electron chi connectivity index (χ3n) is 2.73. The molecule has 7 heteroatoms. The molecule has 1 atom stereocenters. The Morgan fingerprint density at radius 1 is 1.40 bits per heavy atom. The summed E-state index contributed by atoms with van der Waals surface area (Å²) in [4.78, 5) is 26.4. The Hall–Kier alpha value is -2.05.